The summed E-state index contributed by atoms with van der Waals surface area (Å²) in [7, 11) is 0. The molecule has 0 fully saturated rings. The van der Waals surface area contributed by atoms with Crippen LogP contribution in [0.15, 0.2) is 41.1 Å². The lowest BCUT2D eigenvalue weighted by atomic mass is 10.2. The van der Waals surface area contributed by atoms with Crippen molar-refractivity contribution in [2.24, 2.45) is 0 Å². The number of esters is 2. The van der Waals surface area contributed by atoms with Crippen molar-refractivity contribution in [3.05, 3.63) is 58.0 Å². The molecule has 0 amide bonds. The van der Waals surface area contributed by atoms with Gasteiger partial charge in [-0.2, -0.15) is 9.78 Å². The van der Waals surface area contributed by atoms with Crippen molar-refractivity contribution in [2.75, 3.05) is 6.61 Å². The Balaban J connectivity index is 1.89. The predicted octanol–water partition coefficient (Wildman–Crippen LogP) is 2.51. The van der Waals surface area contributed by atoms with E-state index in [1.165, 1.54) is 11.6 Å². The molecule has 0 bridgehead atoms. The predicted molar refractivity (Wildman–Crippen MR) is 102 cm³/mol. The number of hydrogen-bond acceptors (Lipinski definition) is 7. The van der Waals surface area contributed by atoms with Crippen LogP contribution < -0.4 is 0 Å². The number of ether oxygens (including phenoxy) is 2. The first-order valence-electron chi connectivity index (χ1n) is 8.50. The summed E-state index contributed by atoms with van der Waals surface area (Å²) >= 11 is 3.40. The van der Waals surface area contributed by atoms with Crippen molar-refractivity contribution in [3.8, 4) is 5.82 Å². The molecule has 28 heavy (non-hydrogen) atoms. The lowest BCUT2D eigenvalue weighted by Gasteiger charge is -2.01. The van der Waals surface area contributed by atoms with Crippen LogP contribution in [0, 0.1) is 0 Å². The van der Waals surface area contributed by atoms with Crippen molar-refractivity contribution < 1.29 is 19.1 Å². The van der Waals surface area contributed by atoms with Gasteiger partial charge in [-0.3, -0.25) is 9.48 Å². The average molecular weight is 448 g/mol. The molecule has 0 aliphatic heterocycles. The lowest BCUT2D eigenvalue weighted by molar-refractivity contribution is -0.142. The van der Waals surface area contributed by atoms with Gasteiger partial charge in [-0.05, 0) is 24.6 Å². The first-order chi connectivity index (χ1) is 13.5. The van der Waals surface area contributed by atoms with Gasteiger partial charge in [-0.15, -0.1) is 5.10 Å². The second-order valence-electron chi connectivity index (χ2n) is 5.85. The number of aromatic nitrogens is 5. The summed E-state index contributed by atoms with van der Waals surface area (Å²) in [6.45, 7) is 3.74. The molecule has 9 nitrogen and oxygen atoms in total. The zero-order valence-corrected chi connectivity index (χ0v) is 16.9. The molecule has 0 saturated carbocycles. The fourth-order valence-electron chi connectivity index (χ4n) is 2.43. The van der Waals surface area contributed by atoms with Crippen LogP contribution in [-0.2, 0) is 27.4 Å². The third-order valence-corrected chi connectivity index (χ3v) is 4.21. The molecule has 0 aliphatic carbocycles. The zero-order chi connectivity index (χ0) is 20.1. The van der Waals surface area contributed by atoms with E-state index in [-0.39, 0.29) is 24.6 Å². The Morgan fingerprint density at radius 3 is 2.57 bits per heavy atom. The van der Waals surface area contributed by atoms with Crippen molar-refractivity contribution in [3.63, 3.8) is 0 Å². The van der Waals surface area contributed by atoms with Crippen LogP contribution >= 0.6 is 15.9 Å². The van der Waals surface area contributed by atoms with Crippen molar-refractivity contribution in [2.45, 2.75) is 27.0 Å². The summed E-state index contributed by atoms with van der Waals surface area (Å²) in [5, 5.41) is 12.4. The van der Waals surface area contributed by atoms with E-state index >= 15 is 0 Å². The standard InChI is InChI=1S/C18H18BrN5O4/c1-3-27-18(26)16-10-23(8-13-4-6-14(19)7-5-13)21-17(16)24-9-15(20-22-24)11-28-12(2)25/h4-7,9-10H,3,8,11H2,1-2H3. The molecular formula is C18H18BrN5O4. The Morgan fingerprint density at radius 2 is 1.89 bits per heavy atom. The molecule has 0 N–H and O–H groups in total. The van der Waals surface area contributed by atoms with E-state index in [4.69, 9.17) is 9.47 Å². The summed E-state index contributed by atoms with van der Waals surface area (Å²) in [6, 6.07) is 7.79. The highest BCUT2D eigenvalue weighted by molar-refractivity contribution is 9.10. The van der Waals surface area contributed by atoms with Gasteiger partial charge in [0.05, 0.1) is 19.3 Å². The first kappa shape index (κ1) is 19.7. The minimum absolute atomic E-state index is 0.0102. The second-order valence-corrected chi connectivity index (χ2v) is 6.76. The number of halogens is 1. The third-order valence-electron chi connectivity index (χ3n) is 3.68. The maximum atomic E-state index is 12.4. The first-order valence-corrected chi connectivity index (χ1v) is 9.29. The molecule has 1 aromatic carbocycles. The van der Waals surface area contributed by atoms with E-state index in [1.807, 2.05) is 24.3 Å². The van der Waals surface area contributed by atoms with E-state index in [0.717, 1.165) is 10.0 Å². The Morgan fingerprint density at radius 1 is 1.14 bits per heavy atom. The largest absolute Gasteiger partial charge is 0.462 e. The van der Waals surface area contributed by atoms with Gasteiger partial charge in [0.25, 0.3) is 0 Å². The lowest BCUT2D eigenvalue weighted by Crippen LogP contribution is -2.08. The van der Waals surface area contributed by atoms with Gasteiger partial charge in [0.1, 0.15) is 17.9 Å². The Bertz CT molecular complexity index is 980. The quantitative estimate of drug-likeness (QED) is 0.512. The Labute approximate surface area is 169 Å². The zero-order valence-electron chi connectivity index (χ0n) is 15.3. The van der Waals surface area contributed by atoms with Gasteiger partial charge in [-0.25, -0.2) is 4.79 Å². The van der Waals surface area contributed by atoms with Gasteiger partial charge >= 0.3 is 11.9 Å². The molecule has 2 heterocycles. The van der Waals surface area contributed by atoms with E-state index in [0.29, 0.717) is 12.2 Å². The van der Waals surface area contributed by atoms with Crippen LogP contribution in [0.25, 0.3) is 5.82 Å². The molecule has 146 valence electrons. The van der Waals surface area contributed by atoms with Gasteiger partial charge < -0.3 is 9.47 Å². The minimum atomic E-state index is -0.503. The summed E-state index contributed by atoms with van der Waals surface area (Å²) in [5.41, 5.74) is 1.72. The molecule has 0 unspecified atom stereocenters. The third kappa shape index (κ3) is 4.83. The molecule has 0 aliphatic rings. The second kappa shape index (κ2) is 8.79. The van der Waals surface area contributed by atoms with E-state index in [1.54, 1.807) is 24.0 Å². The van der Waals surface area contributed by atoms with Crippen LogP contribution in [0.5, 0.6) is 0 Å². The van der Waals surface area contributed by atoms with Gasteiger partial charge in [0.15, 0.2) is 5.82 Å². The van der Waals surface area contributed by atoms with Gasteiger partial charge in [0, 0.05) is 17.6 Å². The van der Waals surface area contributed by atoms with Crippen molar-refractivity contribution in [1.29, 1.82) is 0 Å². The maximum absolute atomic E-state index is 12.4. The molecule has 3 rings (SSSR count). The molecular weight excluding hydrogens is 430 g/mol. The highest BCUT2D eigenvalue weighted by atomic mass is 79.9. The molecule has 3 aromatic rings. The van der Waals surface area contributed by atoms with Gasteiger partial charge in [0.2, 0.25) is 0 Å². The topological polar surface area (TPSA) is 101 Å². The number of rotatable bonds is 7. The Hall–Kier alpha value is -3.01. The van der Waals surface area contributed by atoms with Crippen molar-refractivity contribution in [1.82, 2.24) is 24.8 Å². The van der Waals surface area contributed by atoms with E-state index in [2.05, 4.69) is 31.3 Å². The van der Waals surface area contributed by atoms with Crippen LogP contribution in [-0.4, -0.2) is 43.3 Å². The van der Waals surface area contributed by atoms with E-state index in [9.17, 15) is 9.59 Å². The molecule has 2 aromatic heterocycles. The highest BCUT2D eigenvalue weighted by Gasteiger charge is 2.21. The summed E-state index contributed by atoms with van der Waals surface area (Å²) in [4.78, 5) is 23.3. The van der Waals surface area contributed by atoms with Crippen LogP contribution in [0.2, 0.25) is 0 Å². The fraction of sp³-hybridized carbons (Fsp3) is 0.278. The van der Waals surface area contributed by atoms with Crippen LogP contribution in [0.3, 0.4) is 0 Å². The Kier molecular flexibility index (Phi) is 6.19. The summed E-state index contributed by atoms with van der Waals surface area (Å²) < 4.78 is 14.0. The number of nitrogens with zero attached hydrogens (tertiary/aromatic N) is 5. The van der Waals surface area contributed by atoms with Crippen LogP contribution in [0.1, 0.15) is 35.5 Å². The smallest absolute Gasteiger partial charge is 0.343 e. The molecule has 10 heteroatoms. The average Bonchev–Trinajstić information content (AvgIpc) is 3.29. The van der Waals surface area contributed by atoms with Crippen LogP contribution in [0.4, 0.5) is 0 Å². The number of benzene rings is 1. The number of carbonyl (C=O) groups is 2. The fourth-order valence-corrected chi connectivity index (χ4v) is 2.70. The number of hydrogen-bond donors (Lipinski definition) is 0. The van der Waals surface area contributed by atoms with Gasteiger partial charge in [-0.1, -0.05) is 33.3 Å². The normalized spacial score (nSPS) is 10.7. The SMILES string of the molecule is CCOC(=O)c1cn(Cc2ccc(Br)cc2)nc1-n1cc(COC(C)=O)nn1. The highest BCUT2D eigenvalue weighted by Crippen LogP contribution is 2.16. The molecule has 0 spiro atoms. The summed E-state index contributed by atoms with van der Waals surface area (Å²) in [5.74, 6) is -0.630. The molecule has 0 radical (unpaired) electrons. The number of carbonyl (C=O) groups excluding carboxylic acids is 2. The maximum Gasteiger partial charge on any atom is 0.343 e. The van der Waals surface area contributed by atoms with Crippen molar-refractivity contribution >= 4 is 27.9 Å². The molecule has 0 saturated heterocycles. The molecule has 0 atom stereocenters. The van der Waals surface area contributed by atoms with E-state index < -0.39 is 11.9 Å². The minimum Gasteiger partial charge on any atom is -0.462 e. The monoisotopic (exact) mass is 447 g/mol. The summed E-state index contributed by atoms with van der Waals surface area (Å²) in [6.07, 6.45) is 3.17.